The first-order valence-corrected chi connectivity index (χ1v) is 11.0. The molecule has 1 saturated heterocycles. The number of para-hydroxylation sites is 2. The lowest BCUT2D eigenvalue weighted by Gasteiger charge is -2.37. The summed E-state index contributed by atoms with van der Waals surface area (Å²) >= 11 is 5.34. The number of methoxy groups -OCH3 is 1. The van der Waals surface area contributed by atoms with Crippen LogP contribution in [-0.2, 0) is 9.59 Å². The lowest BCUT2D eigenvalue weighted by molar-refractivity contribution is -0.131. The topological polar surface area (TPSA) is 73.9 Å². The molecule has 0 aliphatic carbocycles. The summed E-state index contributed by atoms with van der Waals surface area (Å²) in [5, 5.41) is 6.03. The van der Waals surface area contributed by atoms with Gasteiger partial charge in [-0.05, 0) is 48.1 Å². The summed E-state index contributed by atoms with van der Waals surface area (Å²) in [6.07, 6.45) is 3.67. The molecule has 0 saturated carbocycles. The Morgan fingerprint density at radius 2 is 1.75 bits per heavy atom. The van der Waals surface area contributed by atoms with Crippen LogP contribution >= 0.6 is 12.2 Å². The van der Waals surface area contributed by atoms with Crippen LogP contribution in [-0.4, -0.2) is 55.1 Å². The molecule has 0 spiro atoms. The van der Waals surface area contributed by atoms with Gasteiger partial charge < -0.3 is 19.9 Å². The molecule has 8 heteroatoms. The molecule has 0 bridgehead atoms. The summed E-state index contributed by atoms with van der Waals surface area (Å²) in [5.74, 6) is 0.624. The highest BCUT2D eigenvalue weighted by Crippen LogP contribution is 2.26. The van der Waals surface area contributed by atoms with Crippen LogP contribution in [0.4, 0.5) is 11.4 Å². The van der Waals surface area contributed by atoms with Gasteiger partial charge in [0.1, 0.15) is 5.75 Å². The fourth-order valence-corrected chi connectivity index (χ4v) is 3.68. The molecule has 2 aromatic carbocycles. The largest absolute Gasteiger partial charge is 0.497 e. The Morgan fingerprint density at radius 1 is 1.06 bits per heavy atom. The smallest absolute Gasteiger partial charge is 0.250 e. The van der Waals surface area contributed by atoms with Gasteiger partial charge in [-0.1, -0.05) is 31.2 Å². The van der Waals surface area contributed by atoms with Crippen molar-refractivity contribution in [1.82, 2.24) is 10.2 Å². The van der Waals surface area contributed by atoms with E-state index in [0.29, 0.717) is 19.5 Å². The van der Waals surface area contributed by atoms with Gasteiger partial charge in [0.15, 0.2) is 5.11 Å². The van der Waals surface area contributed by atoms with Crippen molar-refractivity contribution in [3.05, 3.63) is 60.2 Å². The average Bonchev–Trinajstić information content (AvgIpc) is 2.83. The summed E-state index contributed by atoms with van der Waals surface area (Å²) in [6, 6.07) is 15.2. The van der Waals surface area contributed by atoms with E-state index >= 15 is 0 Å². The van der Waals surface area contributed by atoms with Crippen LogP contribution < -0.4 is 20.3 Å². The average molecular weight is 453 g/mol. The van der Waals surface area contributed by atoms with Gasteiger partial charge in [0.2, 0.25) is 11.8 Å². The maximum Gasteiger partial charge on any atom is 0.250 e. The predicted octanol–water partition coefficient (Wildman–Crippen LogP) is 3.28. The number of benzene rings is 2. The van der Waals surface area contributed by atoms with Gasteiger partial charge in [0.25, 0.3) is 0 Å². The van der Waals surface area contributed by atoms with E-state index in [1.807, 2.05) is 60.4 Å². The number of thiocarbonyl (C=S) groups is 1. The van der Waals surface area contributed by atoms with Gasteiger partial charge in [-0.3, -0.25) is 14.9 Å². The Bertz CT molecular complexity index is 983. The zero-order chi connectivity index (χ0) is 22.9. The Kier molecular flexibility index (Phi) is 8.21. The first-order chi connectivity index (χ1) is 15.5. The molecule has 1 heterocycles. The molecular formula is C24H28N4O3S. The highest BCUT2D eigenvalue weighted by molar-refractivity contribution is 7.80. The summed E-state index contributed by atoms with van der Waals surface area (Å²) in [5.41, 5.74) is 2.68. The summed E-state index contributed by atoms with van der Waals surface area (Å²) < 4.78 is 5.13. The molecule has 1 aliphatic rings. The van der Waals surface area contributed by atoms with E-state index in [9.17, 15) is 9.59 Å². The molecule has 0 aromatic heterocycles. The monoisotopic (exact) mass is 452 g/mol. The van der Waals surface area contributed by atoms with E-state index in [2.05, 4.69) is 15.5 Å². The van der Waals surface area contributed by atoms with Crippen LogP contribution in [0.15, 0.2) is 54.6 Å². The number of hydrogen-bond donors (Lipinski definition) is 2. The van der Waals surface area contributed by atoms with Crippen LogP contribution in [0.3, 0.4) is 0 Å². The molecule has 2 N–H and O–H groups in total. The second-order valence-electron chi connectivity index (χ2n) is 7.29. The Labute approximate surface area is 194 Å². The number of piperazine rings is 1. The number of ether oxygens (including phenoxy) is 1. The number of anilines is 2. The standard InChI is InChI=1S/C24H28N4O3S/c1-3-23(30)28-16-14-27(15-17-28)21-7-5-4-6-20(21)25-24(32)26-22(29)13-10-18-8-11-19(31-2)12-9-18/h4-13H,3,14-17H2,1-2H3,(H2,25,26,29,32). The predicted molar refractivity (Wildman–Crippen MR) is 132 cm³/mol. The van der Waals surface area contributed by atoms with Crippen LogP contribution in [0.25, 0.3) is 6.08 Å². The second-order valence-corrected chi connectivity index (χ2v) is 7.70. The van der Waals surface area contributed by atoms with Gasteiger partial charge in [-0.25, -0.2) is 0 Å². The number of carbonyl (C=O) groups is 2. The molecule has 3 rings (SSSR count). The van der Waals surface area contributed by atoms with Crippen molar-refractivity contribution in [3.63, 3.8) is 0 Å². The number of hydrogen-bond acceptors (Lipinski definition) is 5. The maximum absolute atomic E-state index is 12.3. The lowest BCUT2D eigenvalue weighted by atomic mass is 10.2. The fourth-order valence-electron chi connectivity index (χ4n) is 3.47. The molecule has 2 aromatic rings. The summed E-state index contributed by atoms with van der Waals surface area (Å²) in [6.45, 7) is 4.76. The molecule has 32 heavy (non-hydrogen) atoms. The van der Waals surface area contributed by atoms with Crippen LogP contribution in [0.2, 0.25) is 0 Å². The van der Waals surface area contributed by atoms with E-state index in [4.69, 9.17) is 17.0 Å². The number of nitrogens with zero attached hydrogens (tertiary/aromatic N) is 2. The third kappa shape index (κ3) is 6.31. The summed E-state index contributed by atoms with van der Waals surface area (Å²) in [4.78, 5) is 28.3. The number of rotatable bonds is 6. The molecule has 0 unspecified atom stereocenters. The second kappa shape index (κ2) is 11.3. The normalized spacial score (nSPS) is 13.7. The third-order valence-electron chi connectivity index (χ3n) is 5.21. The zero-order valence-corrected chi connectivity index (χ0v) is 19.2. The van der Waals surface area contributed by atoms with Gasteiger partial charge in [-0.2, -0.15) is 0 Å². The third-order valence-corrected chi connectivity index (χ3v) is 5.41. The molecule has 7 nitrogen and oxygen atoms in total. The first-order valence-electron chi connectivity index (χ1n) is 10.6. The SMILES string of the molecule is CCC(=O)N1CCN(c2ccccc2NC(=S)NC(=O)C=Cc2ccc(OC)cc2)CC1. The van der Waals surface area contributed by atoms with Crippen LogP contribution in [0, 0.1) is 0 Å². The molecule has 1 fully saturated rings. The van der Waals surface area contributed by atoms with Crippen molar-refractivity contribution in [1.29, 1.82) is 0 Å². The zero-order valence-electron chi connectivity index (χ0n) is 18.3. The number of nitrogens with one attached hydrogen (secondary N) is 2. The van der Waals surface area contributed by atoms with Crippen LogP contribution in [0.5, 0.6) is 5.75 Å². The number of carbonyl (C=O) groups excluding carboxylic acids is 2. The van der Waals surface area contributed by atoms with E-state index < -0.39 is 0 Å². The van der Waals surface area contributed by atoms with Crippen molar-refractivity contribution >= 4 is 46.6 Å². The van der Waals surface area contributed by atoms with E-state index in [-0.39, 0.29) is 16.9 Å². The van der Waals surface area contributed by atoms with Crippen molar-refractivity contribution < 1.29 is 14.3 Å². The molecule has 168 valence electrons. The Balaban J connectivity index is 1.56. The van der Waals surface area contributed by atoms with Crippen molar-refractivity contribution in [2.45, 2.75) is 13.3 Å². The molecule has 0 radical (unpaired) electrons. The van der Waals surface area contributed by atoms with Gasteiger partial charge >= 0.3 is 0 Å². The van der Waals surface area contributed by atoms with Crippen molar-refractivity contribution in [3.8, 4) is 5.75 Å². The van der Waals surface area contributed by atoms with Gasteiger partial charge in [-0.15, -0.1) is 0 Å². The van der Waals surface area contributed by atoms with Gasteiger partial charge in [0, 0.05) is 38.7 Å². The molecule has 0 atom stereocenters. The van der Waals surface area contributed by atoms with E-state index in [0.717, 1.165) is 35.8 Å². The Hall–Kier alpha value is -3.39. The first kappa shape index (κ1) is 23.3. The molecular weight excluding hydrogens is 424 g/mol. The van der Waals surface area contributed by atoms with E-state index in [1.165, 1.54) is 6.08 Å². The lowest BCUT2D eigenvalue weighted by Crippen LogP contribution is -2.48. The molecule has 1 aliphatic heterocycles. The van der Waals surface area contributed by atoms with Crippen molar-refractivity contribution in [2.75, 3.05) is 43.5 Å². The fraction of sp³-hybridized carbons (Fsp3) is 0.292. The minimum atomic E-state index is -0.317. The minimum Gasteiger partial charge on any atom is -0.497 e. The minimum absolute atomic E-state index is 0.183. The maximum atomic E-state index is 12.3. The highest BCUT2D eigenvalue weighted by Gasteiger charge is 2.21. The quantitative estimate of drug-likeness (QED) is 0.518. The van der Waals surface area contributed by atoms with Gasteiger partial charge in [0.05, 0.1) is 18.5 Å². The summed E-state index contributed by atoms with van der Waals surface area (Å²) in [7, 11) is 1.61. The number of amides is 2. The van der Waals surface area contributed by atoms with Crippen molar-refractivity contribution in [2.24, 2.45) is 0 Å². The van der Waals surface area contributed by atoms with Crippen LogP contribution in [0.1, 0.15) is 18.9 Å². The Morgan fingerprint density at radius 3 is 2.41 bits per heavy atom. The highest BCUT2D eigenvalue weighted by atomic mass is 32.1. The van der Waals surface area contributed by atoms with E-state index in [1.54, 1.807) is 13.2 Å². The molecule has 2 amide bonds.